The molecule has 0 radical (unpaired) electrons. The Kier molecular flexibility index (Phi) is 7.14. The minimum Gasteiger partial charge on any atom is -0.468 e. The number of methoxy groups -OCH3 is 1. The van der Waals surface area contributed by atoms with E-state index in [-0.39, 0.29) is 28.9 Å². The molecule has 0 aliphatic heterocycles. The first kappa shape index (κ1) is 24.3. The Morgan fingerprint density at radius 2 is 1.97 bits per heavy atom. The number of thioether (sulfide) groups is 2. The van der Waals surface area contributed by atoms with Crippen molar-refractivity contribution in [3.05, 3.63) is 39.0 Å². The molecule has 35 heavy (non-hydrogen) atoms. The quantitative estimate of drug-likeness (QED) is 0.206. The number of fused-ring (bicyclic) bond motifs is 4. The molecule has 0 atom stereocenters. The number of nitrogens with zero attached hydrogens (tertiary/aromatic N) is 3. The molecule has 0 unspecified atom stereocenters. The van der Waals surface area contributed by atoms with Crippen LogP contribution < -0.4 is 10.9 Å². The van der Waals surface area contributed by atoms with Crippen molar-refractivity contribution in [1.82, 2.24) is 14.5 Å². The Balaban J connectivity index is 1.26. The maximum atomic E-state index is 13.0. The predicted molar refractivity (Wildman–Crippen MR) is 143 cm³/mol. The van der Waals surface area contributed by atoms with Crippen molar-refractivity contribution in [3.8, 4) is 0 Å². The van der Waals surface area contributed by atoms with Crippen LogP contribution in [0.25, 0.3) is 20.4 Å². The Morgan fingerprint density at radius 1 is 1.14 bits per heavy atom. The van der Waals surface area contributed by atoms with E-state index in [2.05, 4.69) is 15.0 Å². The van der Waals surface area contributed by atoms with Gasteiger partial charge in [0.1, 0.15) is 4.83 Å². The summed E-state index contributed by atoms with van der Waals surface area (Å²) in [6.45, 7) is 0. The maximum absolute atomic E-state index is 13.0. The topological polar surface area (TPSA) is 103 Å². The highest BCUT2D eigenvalue weighted by molar-refractivity contribution is 8.01. The molecule has 182 valence electrons. The number of amides is 1. The summed E-state index contributed by atoms with van der Waals surface area (Å²) in [4.78, 5) is 48.3. The molecule has 3 heterocycles. The highest BCUT2D eigenvalue weighted by Crippen LogP contribution is 2.35. The minimum absolute atomic E-state index is 0.0335. The summed E-state index contributed by atoms with van der Waals surface area (Å²) in [7, 11) is 3.08. The average molecular weight is 547 g/mol. The van der Waals surface area contributed by atoms with Crippen LogP contribution in [0.15, 0.2) is 32.5 Å². The van der Waals surface area contributed by atoms with Gasteiger partial charge in [-0.25, -0.2) is 9.97 Å². The molecular weight excluding hydrogens is 525 g/mol. The first-order chi connectivity index (χ1) is 16.9. The summed E-state index contributed by atoms with van der Waals surface area (Å²) in [5.74, 6) is -0.144. The summed E-state index contributed by atoms with van der Waals surface area (Å²) < 4.78 is 7.90. The molecule has 1 amide bonds. The van der Waals surface area contributed by atoms with Gasteiger partial charge >= 0.3 is 5.97 Å². The van der Waals surface area contributed by atoms with Crippen molar-refractivity contribution < 1.29 is 14.3 Å². The summed E-state index contributed by atoms with van der Waals surface area (Å²) in [5.41, 5.74) is 2.61. The molecule has 1 N–H and O–H groups in total. The number of aromatic nitrogens is 3. The largest absolute Gasteiger partial charge is 0.468 e. The lowest BCUT2D eigenvalue weighted by molar-refractivity contribution is -0.137. The zero-order chi connectivity index (χ0) is 24.5. The number of thiazole rings is 1. The fourth-order valence-corrected chi connectivity index (χ4v) is 7.96. The van der Waals surface area contributed by atoms with Crippen molar-refractivity contribution in [2.45, 2.75) is 35.2 Å². The van der Waals surface area contributed by atoms with Gasteiger partial charge in [0, 0.05) is 17.6 Å². The molecule has 0 fully saturated rings. The second-order valence-electron chi connectivity index (χ2n) is 8.01. The Labute approximate surface area is 217 Å². The van der Waals surface area contributed by atoms with E-state index in [9.17, 15) is 14.4 Å². The van der Waals surface area contributed by atoms with Gasteiger partial charge in [-0.2, -0.15) is 0 Å². The molecule has 0 saturated carbocycles. The molecule has 0 saturated heterocycles. The summed E-state index contributed by atoms with van der Waals surface area (Å²) in [6, 6.07) is 5.51. The van der Waals surface area contributed by atoms with Crippen molar-refractivity contribution in [3.63, 3.8) is 0 Å². The Morgan fingerprint density at radius 3 is 2.80 bits per heavy atom. The number of aryl methyl sites for hydroxylation is 2. The van der Waals surface area contributed by atoms with Crippen molar-refractivity contribution in [2.75, 3.05) is 23.9 Å². The van der Waals surface area contributed by atoms with E-state index in [4.69, 9.17) is 4.98 Å². The number of nitrogens with one attached hydrogen (secondary N) is 1. The molecule has 1 aliphatic rings. The van der Waals surface area contributed by atoms with Gasteiger partial charge in [0.15, 0.2) is 9.50 Å². The van der Waals surface area contributed by atoms with E-state index in [0.29, 0.717) is 10.8 Å². The molecule has 5 rings (SSSR count). The molecule has 3 aromatic heterocycles. The third-order valence-corrected chi connectivity index (χ3v) is 10.0. The van der Waals surface area contributed by atoms with Gasteiger partial charge < -0.3 is 10.1 Å². The zero-order valence-electron chi connectivity index (χ0n) is 19.1. The number of rotatable bonds is 7. The number of ether oxygens (including phenoxy) is 1. The zero-order valence-corrected chi connectivity index (χ0v) is 22.3. The van der Waals surface area contributed by atoms with E-state index in [1.165, 1.54) is 52.4 Å². The summed E-state index contributed by atoms with van der Waals surface area (Å²) in [5, 5.41) is 4.21. The molecular formula is C23H22N4O4S4. The van der Waals surface area contributed by atoms with Gasteiger partial charge in [-0.05, 0) is 49.4 Å². The van der Waals surface area contributed by atoms with Crippen molar-refractivity contribution in [1.29, 1.82) is 0 Å². The highest BCUT2D eigenvalue weighted by atomic mass is 32.2. The molecule has 4 aromatic rings. The van der Waals surface area contributed by atoms with Crippen LogP contribution in [0.1, 0.15) is 23.3 Å². The molecule has 12 heteroatoms. The number of thiophene rings is 1. The van der Waals surface area contributed by atoms with E-state index in [0.717, 1.165) is 50.5 Å². The fraction of sp³-hybridized carbons (Fsp3) is 0.348. The van der Waals surface area contributed by atoms with Crippen LogP contribution >= 0.6 is 46.2 Å². The SMILES string of the molecule is COC(=O)CSc1nc2ccc(NC(=O)CSc3nc4sc5c(c4c(=O)n3C)CCCC5)cc2s1. The Hall–Kier alpha value is -2.41. The van der Waals surface area contributed by atoms with Gasteiger partial charge in [0.25, 0.3) is 5.56 Å². The molecule has 0 bridgehead atoms. The van der Waals surface area contributed by atoms with Gasteiger partial charge in [-0.15, -0.1) is 22.7 Å². The van der Waals surface area contributed by atoms with Crippen LogP contribution in [0.4, 0.5) is 5.69 Å². The number of hydrogen-bond acceptors (Lipinski definition) is 10. The van der Waals surface area contributed by atoms with Gasteiger partial charge in [-0.1, -0.05) is 23.5 Å². The number of carbonyl (C=O) groups excluding carboxylic acids is 2. The first-order valence-corrected chi connectivity index (χ1v) is 14.6. The molecule has 1 aliphatic carbocycles. The van der Waals surface area contributed by atoms with E-state index < -0.39 is 0 Å². The molecule has 8 nitrogen and oxygen atoms in total. The normalized spacial score (nSPS) is 13.2. The van der Waals surface area contributed by atoms with Crippen molar-refractivity contribution >= 4 is 84.2 Å². The smallest absolute Gasteiger partial charge is 0.316 e. The second-order valence-corrected chi connectivity index (χ2v) is 12.3. The monoisotopic (exact) mass is 546 g/mol. The average Bonchev–Trinajstić information content (AvgIpc) is 3.44. The van der Waals surface area contributed by atoms with Crippen LogP contribution in [0, 0.1) is 0 Å². The third-order valence-electron chi connectivity index (χ3n) is 5.68. The molecule has 1 aromatic carbocycles. The lowest BCUT2D eigenvalue weighted by Crippen LogP contribution is -2.21. The second kappa shape index (κ2) is 10.3. The van der Waals surface area contributed by atoms with E-state index in [1.807, 2.05) is 12.1 Å². The van der Waals surface area contributed by atoms with Crippen LogP contribution in [-0.4, -0.2) is 45.0 Å². The van der Waals surface area contributed by atoms with E-state index in [1.54, 1.807) is 29.0 Å². The van der Waals surface area contributed by atoms with Crippen LogP contribution in [0.2, 0.25) is 0 Å². The maximum Gasteiger partial charge on any atom is 0.316 e. The predicted octanol–water partition coefficient (Wildman–Crippen LogP) is 4.48. The standard InChI is InChI=1S/C23H22N4O4S4/c1-27-21(30)19-13-5-3-4-6-15(13)34-20(19)26-22(27)32-10-17(28)24-12-7-8-14-16(9-12)35-23(25-14)33-11-18(29)31-2/h7-9H,3-6,10-11H2,1-2H3,(H,24,28). The lowest BCUT2D eigenvalue weighted by atomic mass is 9.97. The highest BCUT2D eigenvalue weighted by Gasteiger charge is 2.21. The van der Waals surface area contributed by atoms with Gasteiger partial charge in [-0.3, -0.25) is 19.0 Å². The van der Waals surface area contributed by atoms with Crippen LogP contribution in [0.3, 0.4) is 0 Å². The van der Waals surface area contributed by atoms with Gasteiger partial charge in [0.05, 0.1) is 34.2 Å². The van der Waals surface area contributed by atoms with Crippen LogP contribution in [0.5, 0.6) is 0 Å². The minimum atomic E-state index is -0.301. The number of benzene rings is 1. The first-order valence-electron chi connectivity index (χ1n) is 11.0. The number of carbonyl (C=O) groups is 2. The Bertz CT molecular complexity index is 1510. The number of hydrogen-bond donors (Lipinski definition) is 1. The van der Waals surface area contributed by atoms with Crippen molar-refractivity contribution in [2.24, 2.45) is 7.05 Å². The fourth-order valence-electron chi connectivity index (χ4n) is 3.95. The molecule has 0 spiro atoms. The number of anilines is 1. The summed E-state index contributed by atoms with van der Waals surface area (Å²) >= 11 is 5.65. The number of esters is 1. The third kappa shape index (κ3) is 5.11. The van der Waals surface area contributed by atoms with E-state index >= 15 is 0 Å². The summed E-state index contributed by atoms with van der Waals surface area (Å²) in [6.07, 6.45) is 4.22. The lowest BCUT2D eigenvalue weighted by Gasteiger charge is -2.11. The van der Waals surface area contributed by atoms with Crippen LogP contribution in [-0.2, 0) is 34.2 Å². The van der Waals surface area contributed by atoms with Gasteiger partial charge in [0.2, 0.25) is 5.91 Å².